The highest BCUT2D eigenvalue weighted by molar-refractivity contribution is 5.92. The number of nitrogens with one attached hydrogen (secondary N) is 1. The summed E-state index contributed by atoms with van der Waals surface area (Å²) in [5.41, 5.74) is 1.32. The van der Waals surface area contributed by atoms with Crippen LogP contribution in [0.5, 0.6) is 5.75 Å². The van der Waals surface area contributed by atoms with E-state index < -0.39 is 0 Å². The smallest absolute Gasteiger partial charge is 0.270 e. The fourth-order valence-corrected chi connectivity index (χ4v) is 2.41. The highest BCUT2D eigenvalue weighted by Gasteiger charge is 2.17. The molecule has 1 unspecified atom stereocenters. The van der Waals surface area contributed by atoms with Gasteiger partial charge in [0.2, 0.25) is 0 Å². The summed E-state index contributed by atoms with van der Waals surface area (Å²) in [5, 5.41) is 7.24. The molecule has 0 spiro atoms. The third-order valence-electron chi connectivity index (χ3n) is 3.64. The number of amides is 1. The van der Waals surface area contributed by atoms with E-state index in [2.05, 4.69) is 15.4 Å². The van der Waals surface area contributed by atoms with Crippen molar-refractivity contribution >= 4 is 5.91 Å². The quantitative estimate of drug-likeness (QED) is 0.757. The summed E-state index contributed by atoms with van der Waals surface area (Å²) >= 11 is 0. The Morgan fingerprint density at radius 3 is 2.75 bits per heavy atom. The molecule has 0 saturated carbocycles. The molecule has 2 heterocycles. The topological polar surface area (TPSA) is 69.0 Å². The van der Waals surface area contributed by atoms with Gasteiger partial charge in [-0.25, -0.2) is 0 Å². The highest BCUT2D eigenvalue weighted by atomic mass is 16.5. The molecule has 122 valence electrons. The van der Waals surface area contributed by atoms with E-state index in [0.717, 1.165) is 5.56 Å². The van der Waals surface area contributed by atoms with E-state index >= 15 is 0 Å². The molecule has 6 nitrogen and oxygen atoms in total. The van der Waals surface area contributed by atoms with Crippen molar-refractivity contribution in [2.45, 2.75) is 12.6 Å². The number of hydrogen-bond donors (Lipinski definition) is 1. The van der Waals surface area contributed by atoms with Crippen LogP contribution in [0.4, 0.5) is 0 Å². The van der Waals surface area contributed by atoms with Gasteiger partial charge in [0.25, 0.3) is 5.91 Å². The monoisotopic (exact) mass is 322 g/mol. The maximum Gasteiger partial charge on any atom is 0.270 e. The average Bonchev–Trinajstić information content (AvgIpc) is 3.15. The lowest BCUT2D eigenvalue weighted by molar-refractivity contribution is 0.0926. The summed E-state index contributed by atoms with van der Waals surface area (Å²) in [5.74, 6) is 0.341. The summed E-state index contributed by atoms with van der Waals surface area (Å²) in [7, 11) is 1.56. The molecule has 3 aromatic rings. The van der Waals surface area contributed by atoms with Gasteiger partial charge in [0.1, 0.15) is 11.4 Å². The van der Waals surface area contributed by atoms with Crippen molar-refractivity contribution in [1.82, 2.24) is 20.1 Å². The third kappa shape index (κ3) is 3.78. The second-order valence-electron chi connectivity index (χ2n) is 5.25. The Balaban J connectivity index is 1.81. The molecular formula is C18H18N4O2. The first-order valence-corrected chi connectivity index (χ1v) is 7.59. The van der Waals surface area contributed by atoms with Crippen molar-refractivity contribution in [3.05, 3.63) is 78.4 Å². The fourth-order valence-electron chi connectivity index (χ4n) is 2.41. The largest absolute Gasteiger partial charge is 0.497 e. The number of methoxy groups -OCH3 is 1. The van der Waals surface area contributed by atoms with Crippen molar-refractivity contribution in [1.29, 1.82) is 0 Å². The standard InChI is InChI=1S/C18H18N4O2/c1-24-15-8-10-19-16(12-15)18(23)21-17(13-22-11-5-9-20-22)14-6-3-2-4-7-14/h2-12,17H,13H2,1H3,(H,21,23). The van der Waals surface area contributed by atoms with Gasteiger partial charge in [-0.05, 0) is 17.7 Å². The number of rotatable bonds is 6. The molecule has 2 aromatic heterocycles. The minimum Gasteiger partial charge on any atom is -0.497 e. The normalized spacial score (nSPS) is 11.7. The maximum absolute atomic E-state index is 12.6. The second-order valence-corrected chi connectivity index (χ2v) is 5.25. The third-order valence-corrected chi connectivity index (χ3v) is 3.64. The van der Waals surface area contributed by atoms with E-state index in [4.69, 9.17) is 4.74 Å². The van der Waals surface area contributed by atoms with E-state index in [1.807, 2.05) is 42.6 Å². The lowest BCUT2D eigenvalue weighted by Crippen LogP contribution is -2.32. The van der Waals surface area contributed by atoms with Crippen LogP contribution in [0, 0.1) is 0 Å². The van der Waals surface area contributed by atoms with Gasteiger partial charge in [-0.3, -0.25) is 14.5 Å². The van der Waals surface area contributed by atoms with Gasteiger partial charge in [-0.2, -0.15) is 5.10 Å². The van der Waals surface area contributed by atoms with Crippen LogP contribution >= 0.6 is 0 Å². The van der Waals surface area contributed by atoms with Gasteiger partial charge < -0.3 is 10.1 Å². The Kier molecular flexibility index (Phi) is 4.86. The molecule has 0 fully saturated rings. The van der Waals surface area contributed by atoms with Crippen LogP contribution in [-0.4, -0.2) is 27.8 Å². The van der Waals surface area contributed by atoms with E-state index in [0.29, 0.717) is 18.0 Å². The molecule has 0 aliphatic carbocycles. The lowest BCUT2D eigenvalue weighted by atomic mass is 10.1. The zero-order chi connectivity index (χ0) is 16.8. The van der Waals surface area contributed by atoms with E-state index in [1.165, 1.54) is 0 Å². The van der Waals surface area contributed by atoms with Gasteiger partial charge in [0, 0.05) is 24.7 Å². The van der Waals surface area contributed by atoms with Crippen LogP contribution in [0.3, 0.4) is 0 Å². The SMILES string of the molecule is COc1ccnc(C(=O)NC(Cn2cccn2)c2ccccc2)c1. The number of nitrogens with zero attached hydrogens (tertiary/aromatic N) is 3. The first kappa shape index (κ1) is 15.7. The summed E-state index contributed by atoms with van der Waals surface area (Å²) in [6.45, 7) is 0.534. The number of carbonyl (C=O) groups excluding carboxylic acids is 1. The summed E-state index contributed by atoms with van der Waals surface area (Å²) in [4.78, 5) is 16.7. The van der Waals surface area contributed by atoms with Crippen LogP contribution in [0.15, 0.2) is 67.1 Å². The molecule has 0 aliphatic rings. The van der Waals surface area contributed by atoms with Gasteiger partial charge >= 0.3 is 0 Å². The van der Waals surface area contributed by atoms with Crippen LogP contribution < -0.4 is 10.1 Å². The summed E-state index contributed by atoms with van der Waals surface area (Å²) < 4.78 is 6.93. The predicted octanol–water partition coefficient (Wildman–Crippen LogP) is 2.46. The maximum atomic E-state index is 12.6. The number of benzene rings is 1. The number of aromatic nitrogens is 3. The zero-order valence-corrected chi connectivity index (χ0v) is 13.3. The van der Waals surface area contributed by atoms with Gasteiger partial charge in [0.05, 0.1) is 19.7 Å². The molecule has 1 aromatic carbocycles. The Labute approximate surface area is 140 Å². The Bertz CT molecular complexity index is 788. The first-order valence-electron chi connectivity index (χ1n) is 7.59. The number of hydrogen-bond acceptors (Lipinski definition) is 4. The highest BCUT2D eigenvalue weighted by Crippen LogP contribution is 2.16. The van der Waals surface area contributed by atoms with Gasteiger partial charge in [-0.15, -0.1) is 0 Å². The van der Waals surface area contributed by atoms with E-state index in [9.17, 15) is 4.79 Å². The Morgan fingerprint density at radius 1 is 1.21 bits per heavy atom. The molecule has 0 radical (unpaired) electrons. The van der Waals surface area contributed by atoms with Crippen molar-refractivity contribution in [2.24, 2.45) is 0 Å². The van der Waals surface area contributed by atoms with Crippen LogP contribution in [0.25, 0.3) is 0 Å². The molecule has 6 heteroatoms. The average molecular weight is 322 g/mol. The van der Waals surface area contributed by atoms with Crippen LogP contribution in [0.1, 0.15) is 22.1 Å². The molecule has 0 aliphatic heterocycles. The Morgan fingerprint density at radius 2 is 2.04 bits per heavy atom. The van der Waals surface area contributed by atoms with Crippen molar-refractivity contribution in [2.75, 3.05) is 7.11 Å². The molecular weight excluding hydrogens is 304 g/mol. The van der Waals surface area contributed by atoms with E-state index in [1.54, 1.807) is 36.3 Å². The Hall–Kier alpha value is -3.15. The minimum atomic E-state index is -0.255. The number of carbonyl (C=O) groups is 1. The van der Waals surface area contributed by atoms with Crippen LogP contribution in [-0.2, 0) is 6.54 Å². The van der Waals surface area contributed by atoms with Gasteiger partial charge in [0.15, 0.2) is 0 Å². The minimum absolute atomic E-state index is 0.216. The summed E-state index contributed by atoms with van der Waals surface area (Å²) in [6.07, 6.45) is 5.14. The molecule has 1 amide bonds. The molecule has 0 bridgehead atoms. The van der Waals surface area contributed by atoms with Crippen molar-refractivity contribution in [3.8, 4) is 5.75 Å². The van der Waals surface area contributed by atoms with Crippen molar-refractivity contribution < 1.29 is 9.53 Å². The van der Waals surface area contributed by atoms with E-state index in [-0.39, 0.29) is 11.9 Å². The number of ether oxygens (including phenoxy) is 1. The van der Waals surface area contributed by atoms with Gasteiger partial charge in [-0.1, -0.05) is 30.3 Å². The number of pyridine rings is 1. The molecule has 0 saturated heterocycles. The summed E-state index contributed by atoms with van der Waals surface area (Å²) in [6, 6.07) is 14.8. The zero-order valence-electron chi connectivity index (χ0n) is 13.3. The fraction of sp³-hybridized carbons (Fsp3) is 0.167. The first-order chi connectivity index (χ1) is 11.8. The van der Waals surface area contributed by atoms with Crippen LogP contribution in [0.2, 0.25) is 0 Å². The molecule has 24 heavy (non-hydrogen) atoms. The predicted molar refractivity (Wildman–Crippen MR) is 89.7 cm³/mol. The van der Waals surface area contributed by atoms with Crippen molar-refractivity contribution in [3.63, 3.8) is 0 Å². The molecule has 1 atom stereocenters. The second kappa shape index (κ2) is 7.41. The lowest BCUT2D eigenvalue weighted by Gasteiger charge is -2.19. The molecule has 1 N–H and O–H groups in total. The molecule has 3 rings (SSSR count).